The topological polar surface area (TPSA) is 237 Å². The average molecular weight is 1440 g/mol. The molecule has 0 aliphatic heterocycles. The fourth-order valence-corrected chi connectivity index (χ4v) is 13.8. The number of hydrogen-bond donors (Lipinski definition) is 3. The van der Waals surface area contributed by atoms with Gasteiger partial charge in [0.2, 0.25) is 0 Å². The minimum Gasteiger partial charge on any atom is -0.462 e. The van der Waals surface area contributed by atoms with E-state index in [9.17, 15) is 43.2 Å². The molecule has 0 rings (SSSR count). The van der Waals surface area contributed by atoms with E-state index in [1.807, 2.05) is 0 Å². The zero-order chi connectivity index (χ0) is 71.9. The molecule has 0 heterocycles. The molecule has 3 N–H and O–H groups in total. The van der Waals surface area contributed by atoms with E-state index in [-0.39, 0.29) is 25.7 Å². The van der Waals surface area contributed by atoms with E-state index >= 15 is 0 Å². The first kappa shape index (κ1) is 96.1. The fraction of sp³-hybridized carbons (Fsp3) is 0.949. The van der Waals surface area contributed by atoms with E-state index < -0.39 is 97.5 Å². The molecule has 5 atom stereocenters. The average Bonchev–Trinajstić information content (AvgIpc) is 0.985. The van der Waals surface area contributed by atoms with Crippen molar-refractivity contribution < 1.29 is 80.2 Å². The summed E-state index contributed by atoms with van der Waals surface area (Å²) in [5, 5.41) is 10.6. The largest absolute Gasteiger partial charge is 0.472 e. The Kier molecular flexibility index (Phi) is 70.6. The van der Waals surface area contributed by atoms with Crippen LogP contribution >= 0.6 is 15.6 Å². The fourth-order valence-electron chi connectivity index (χ4n) is 12.2. The van der Waals surface area contributed by atoms with Crippen LogP contribution in [0, 0.1) is 5.92 Å². The molecule has 98 heavy (non-hydrogen) atoms. The van der Waals surface area contributed by atoms with Gasteiger partial charge in [0, 0.05) is 25.7 Å². The number of phosphoric acid groups is 2. The van der Waals surface area contributed by atoms with Crippen molar-refractivity contribution in [2.75, 3.05) is 39.6 Å². The Morgan fingerprint density at radius 3 is 0.694 bits per heavy atom. The summed E-state index contributed by atoms with van der Waals surface area (Å²) in [4.78, 5) is 72.8. The van der Waals surface area contributed by atoms with Crippen LogP contribution in [0.25, 0.3) is 0 Å². The Bertz CT molecular complexity index is 1870. The molecule has 0 aromatic heterocycles. The maximum Gasteiger partial charge on any atom is 0.472 e. The maximum atomic E-state index is 13.1. The highest BCUT2D eigenvalue weighted by molar-refractivity contribution is 7.47. The lowest BCUT2D eigenvalue weighted by atomic mass is 10.0. The summed E-state index contributed by atoms with van der Waals surface area (Å²) in [6.45, 7) is 7.24. The molecular formula is C79H154O17P2. The number of carbonyl (C=O) groups is 4. The van der Waals surface area contributed by atoms with Gasteiger partial charge in [-0.05, 0) is 31.6 Å². The molecule has 0 radical (unpaired) electrons. The number of hydrogen-bond acceptors (Lipinski definition) is 15. The van der Waals surface area contributed by atoms with E-state index in [0.717, 1.165) is 89.9 Å². The number of rotatable bonds is 79. The summed E-state index contributed by atoms with van der Waals surface area (Å²) in [7, 11) is -9.91. The highest BCUT2D eigenvalue weighted by atomic mass is 31.2. The minimum absolute atomic E-state index is 0.104. The van der Waals surface area contributed by atoms with Crippen LogP contribution in [0.5, 0.6) is 0 Å². The quantitative estimate of drug-likeness (QED) is 0.0222. The number of unbranched alkanes of at least 4 members (excludes halogenated alkanes) is 51. The number of aliphatic hydroxyl groups excluding tert-OH is 1. The Labute approximate surface area is 600 Å². The van der Waals surface area contributed by atoms with Gasteiger partial charge in [0.25, 0.3) is 0 Å². The van der Waals surface area contributed by atoms with Gasteiger partial charge in [-0.25, -0.2) is 9.13 Å². The molecule has 2 unspecified atom stereocenters. The lowest BCUT2D eigenvalue weighted by Gasteiger charge is -2.21. The van der Waals surface area contributed by atoms with E-state index in [0.29, 0.717) is 31.6 Å². The smallest absolute Gasteiger partial charge is 0.462 e. The van der Waals surface area contributed by atoms with Crippen molar-refractivity contribution in [3.63, 3.8) is 0 Å². The zero-order valence-corrected chi connectivity index (χ0v) is 65.7. The lowest BCUT2D eigenvalue weighted by Crippen LogP contribution is -2.30. The molecule has 0 spiro atoms. The SMILES string of the molecule is CCCCCCCCCCCCCCCCCCCCCCC(=O)O[C@H](COC(=O)CCCCCCCCCCCCCCCCCCCC)COP(=O)(O)OC[C@@H](O)COP(=O)(O)OC[C@@H](COC(=O)CCCCCCCCCCCC)OC(=O)CCCCCCCCCC(C)C. The van der Waals surface area contributed by atoms with Crippen LogP contribution < -0.4 is 0 Å². The molecule has 0 aromatic rings. The number of ether oxygens (including phenoxy) is 4. The van der Waals surface area contributed by atoms with Crippen molar-refractivity contribution in [3.05, 3.63) is 0 Å². The van der Waals surface area contributed by atoms with E-state index in [4.69, 9.17) is 37.0 Å². The van der Waals surface area contributed by atoms with Crippen LogP contribution in [0.4, 0.5) is 0 Å². The Morgan fingerprint density at radius 1 is 0.276 bits per heavy atom. The Balaban J connectivity index is 5.19. The van der Waals surface area contributed by atoms with Crippen LogP contribution in [0.2, 0.25) is 0 Å². The van der Waals surface area contributed by atoms with Gasteiger partial charge in [-0.15, -0.1) is 0 Å². The summed E-state index contributed by atoms with van der Waals surface area (Å²) in [5.41, 5.74) is 0. The molecule has 0 bridgehead atoms. The van der Waals surface area contributed by atoms with Crippen molar-refractivity contribution in [1.29, 1.82) is 0 Å². The molecule has 19 heteroatoms. The van der Waals surface area contributed by atoms with E-state index in [2.05, 4.69) is 34.6 Å². The molecule has 0 aromatic carbocycles. The van der Waals surface area contributed by atoms with E-state index in [1.54, 1.807) is 0 Å². The molecule has 17 nitrogen and oxygen atoms in total. The predicted molar refractivity (Wildman–Crippen MR) is 400 cm³/mol. The van der Waals surface area contributed by atoms with Gasteiger partial charge in [-0.3, -0.25) is 37.3 Å². The highest BCUT2D eigenvalue weighted by Gasteiger charge is 2.30. The van der Waals surface area contributed by atoms with Gasteiger partial charge < -0.3 is 33.8 Å². The van der Waals surface area contributed by atoms with Gasteiger partial charge in [0.15, 0.2) is 12.2 Å². The molecule has 0 aliphatic rings. The third-order valence-electron chi connectivity index (χ3n) is 18.5. The third kappa shape index (κ3) is 72.4. The van der Waals surface area contributed by atoms with Gasteiger partial charge in [-0.2, -0.15) is 0 Å². The second-order valence-corrected chi connectivity index (χ2v) is 31.8. The van der Waals surface area contributed by atoms with Crippen LogP contribution in [0.3, 0.4) is 0 Å². The third-order valence-corrected chi connectivity index (χ3v) is 20.4. The number of esters is 4. The predicted octanol–water partition coefficient (Wildman–Crippen LogP) is 23.6. The van der Waals surface area contributed by atoms with E-state index in [1.165, 1.54) is 244 Å². The van der Waals surface area contributed by atoms with Crippen molar-refractivity contribution in [1.82, 2.24) is 0 Å². The summed E-state index contributed by atoms with van der Waals surface area (Å²) >= 11 is 0. The molecule has 0 aliphatic carbocycles. The minimum atomic E-state index is -4.96. The lowest BCUT2D eigenvalue weighted by molar-refractivity contribution is -0.161. The van der Waals surface area contributed by atoms with Crippen LogP contribution in [-0.2, 0) is 65.4 Å². The summed E-state index contributed by atoms with van der Waals surface area (Å²) < 4.78 is 68.6. The molecular weight excluding hydrogens is 1280 g/mol. The van der Waals surface area contributed by atoms with Crippen LogP contribution in [-0.4, -0.2) is 96.7 Å². The first-order valence-corrected chi connectivity index (χ1v) is 44.1. The highest BCUT2D eigenvalue weighted by Crippen LogP contribution is 2.45. The standard InChI is InChI=1S/C79H154O17P2/c1-6-9-12-15-18-21-24-26-28-30-32-33-35-37-39-41-44-49-54-59-64-78(83)95-74(68-90-77(82)63-58-53-48-43-40-38-36-34-31-29-27-25-22-19-16-13-10-7-2)70-93-97(85,86)91-66-73(80)67-92-98(87,88)94-71-75(96-79(84)65-60-55-50-45-46-51-56-61-72(4)5)69-89-76(81)62-57-52-47-42-23-20-17-14-11-8-3/h72-75,80H,6-71H2,1-5H3,(H,85,86)(H,87,88)/t73-,74-,75-/m1/s1. The first-order valence-electron chi connectivity index (χ1n) is 41.1. The summed E-state index contributed by atoms with van der Waals surface area (Å²) in [6.07, 6.45) is 62.7. The summed E-state index contributed by atoms with van der Waals surface area (Å²) in [6, 6.07) is 0. The van der Waals surface area contributed by atoms with Gasteiger partial charge in [-0.1, -0.05) is 369 Å². The molecule has 0 amide bonds. The van der Waals surface area contributed by atoms with Gasteiger partial charge >= 0.3 is 39.5 Å². The zero-order valence-electron chi connectivity index (χ0n) is 63.9. The number of aliphatic hydroxyl groups is 1. The van der Waals surface area contributed by atoms with Crippen molar-refractivity contribution in [2.24, 2.45) is 5.92 Å². The van der Waals surface area contributed by atoms with Crippen LogP contribution in [0.15, 0.2) is 0 Å². The first-order chi connectivity index (χ1) is 47.5. The molecule has 0 saturated heterocycles. The Morgan fingerprint density at radius 2 is 0.469 bits per heavy atom. The molecule has 0 saturated carbocycles. The summed E-state index contributed by atoms with van der Waals surface area (Å²) in [5.74, 6) is -1.42. The number of carbonyl (C=O) groups excluding carboxylic acids is 4. The van der Waals surface area contributed by atoms with Crippen molar-refractivity contribution in [2.45, 2.75) is 438 Å². The van der Waals surface area contributed by atoms with Gasteiger partial charge in [0.05, 0.1) is 26.4 Å². The number of phosphoric ester groups is 2. The van der Waals surface area contributed by atoms with Crippen molar-refractivity contribution >= 4 is 39.5 Å². The second-order valence-electron chi connectivity index (χ2n) is 28.9. The van der Waals surface area contributed by atoms with Gasteiger partial charge in [0.1, 0.15) is 19.3 Å². The normalized spacial score (nSPS) is 13.9. The maximum absolute atomic E-state index is 13.1. The Hall–Kier alpha value is -1.94. The molecule has 0 fully saturated rings. The monoisotopic (exact) mass is 1440 g/mol. The van der Waals surface area contributed by atoms with Crippen LogP contribution in [0.1, 0.15) is 420 Å². The molecule has 582 valence electrons. The van der Waals surface area contributed by atoms with Crippen molar-refractivity contribution in [3.8, 4) is 0 Å². The second kappa shape index (κ2) is 72.0.